The van der Waals surface area contributed by atoms with Crippen molar-refractivity contribution in [2.45, 2.75) is 37.7 Å². The molecule has 0 aliphatic rings. The molecule has 0 fully saturated rings. The fourth-order valence-electron chi connectivity index (χ4n) is 3.47. The molecule has 0 bridgehead atoms. The van der Waals surface area contributed by atoms with Crippen molar-refractivity contribution < 1.29 is 16.8 Å². The molecule has 4 heterocycles. The molecule has 4 aromatic heterocycles. The zero-order valence-electron chi connectivity index (χ0n) is 21.6. The van der Waals surface area contributed by atoms with Gasteiger partial charge < -0.3 is 4.90 Å². The largest absolute Gasteiger partial charge is 0.361 e. The number of imidazole rings is 2. The maximum absolute atomic E-state index is 12.7. The van der Waals surface area contributed by atoms with E-state index >= 15 is 0 Å². The van der Waals surface area contributed by atoms with E-state index in [0.29, 0.717) is 24.9 Å². The van der Waals surface area contributed by atoms with E-state index in [2.05, 4.69) is 52.3 Å². The molecule has 0 amide bonds. The Kier molecular flexibility index (Phi) is 10.2. The van der Waals surface area contributed by atoms with Gasteiger partial charge in [0.2, 0.25) is 10.1 Å². The van der Waals surface area contributed by atoms with E-state index in [4.69, 9.17) is 51.5 Å². The van der Waals surface area contributed by atoms with Crippen molar-refractivity contribution in [3.8, 4) is 0 Å². The quantitative estimate of drug-likeness (QED) is 0.214. The van der Waals surface area contributed by atoms with Gasteiger partial charge >= 0.3 is 10.0 Å². The Morgan fingerprint density at radius 1 is 0.825 bits per heavy atom. The van der Waals surface area contributed by atoms with Crippen molar-refractivity contribution in [2.24, 2.45) is 21.4 Å². The van der Waals surface area contributed by atoms with Gasteiger partial charge in [-0.2, -0.15) is 27.6 Å². The van der Waals surface area contributed by atoms with E-state index in [0.717, 1.165) is 9.03 Å². The number of nitrogens with zero attached hydrogens (tertiary/aromatic N) is 8. The summed E-state index contributed by atoms with van der Waals surface area (Å²) in [5, 5.41) is 11.8. The second kappa shape index (κ2) is 12.7. The first-order chi connectivity index (χ1) is 18.5. The van der Waals surface area contributed by atoms with Crippen molar-refractivity contribution in [3.05, 3.63) is 44.9 Å². The Morgan fingerprint density at radius 2 is 1.25 bits per heavy atom. The fourth-order valence-corrected chi connectivity index (χ4v) is 6.32. The fraction of sp³-hybridized carbons (Fsp3) is 0.381. The molecule has 4 aromatic rings. The highest BCUT2D eigenvalue weighted by Gasteiger charge is 2.25. The number of halogens is 4. The predicted molar refractivity (Wildman–Crippen MR) is 154 cm³/mol. The summed E-state index contributed by atoms with van der Waals surface area (Å²) in [5.41, 5.74) is 0.540. The van der Waals surface area contributed by atoms with E-state index in [1.165, 1.54) is 30.6 Å². The Morgan fingerprint density at radius 3 is 1.68 bits per heavy atom. The number of rotatable bonds is 8. The van der Waals surface area contributed by atoms with E-state index in [-0.39, 0.29) is 42.0 Å². The van der Waals surface area contributed by atoms with E-state index in [1.807, 2.05) is 4.90 Å². The molecule has 2 N–H and O–H groups in total. The van der Waals surface area contributed by atoms with E-state index in [1.54, 1.807) is 0 Å². The molecule has 0 saturated carbocycles. The minimum absolute atomic E-state index is 0.112. The molecular weight excluding hydrogens is 648 g/mol. The third kappa shape index (κ3) is 7.93. The van der Waals surface area contributed by atoms with Crippen LogP contribution in [-0.2, 0) is 20.0 Å². The second-order valence-electron chi connectivity index (χ2n) is 9.25. The highest BCUT2D eigenvalue weighted by molar-refractivity contribution is 7.90. The molecule has 0 radical (unpaired) electrons. The predicted octanol–water partition coefficient (Wildman–Crippen LogP) is 4.05. The summed E-state index contributed by atoms with van der Waals surface area (Å²) in [6.45, 7) is 9.63. The van der Waals surface area contributed by atoms with Crippen LogP contribution in [0.2, 0.25) is 20.6 Å². The van der Waals surface area contributed by atoms with Gasteiger partial charge in [0.15, 0.2) is 21.6 Å². The van der Waals surface area contributed by atoms with Gasteiger partial charge in [-0.15, -0.1) is 4.40 Å². The number of fused-ring (bicyclic) bond motifs is 2. The lowest BCUT2D eigenvalue weighted by atomic mass is 10.1. The SMILES string of the molecule is CC(C)CN(C=NS(=O)(=O)c1c(Cl)nc2ccc(Cl)nn12)CC(C)C.NS(=O)(=O)c1c(Cl)nc2ccc(Cl)nn12. The molecule has 0 spiro atoms. The molecule has 218 valence electrons. The van der Waals surface area contributed by atoms with Gasteiger partial charge in [-0.25, -0.2) is 23.5 Å². The molecule has 0 aliphatic carbocycles. The van der Waals surface area contributed by atoms with Crippen molar-refractivity contribution in [1.82, 2.24) is 34.1 Å². The highest BCUT2D eigenvalue weighted by atomic mass is 35.5. The van der Waals surface area contributed by atoms with Gasteiger partial charge in [0, 0.05) is 13.1 Å². The molecule has 13 nitrogen and oxygen atoms in total. The number of primary sulfonamides is 1. The average Bonchev–Trinajstić information content (AvgIpc) is 3.31. The van der Waals surface area contributed by atoms with Crippen LogP contribution in [0, 0.1) is 11.8 Å². The van der Waals surface area contributed by atoms with Crippen LogP contribution in [0.3, 0.4) is 0 Å². The first kappa shape index (κ1) is 32.2. The van der Waals surface area contributed by atoms with Crippen LogP contribution in [0.15, 0.2) is 38.7 Å². The van der Waals surface area contributed by atoms with E-state index < -0.39 is 20.0 Å². The Balaban J connectivity index is 0.000000249. The first-order valence-corrected chi connectivity index (χ1v) is 16.0. The van der Waals surface area contributed by atoms with E-state index in [9.17, 15) is 16.8 Å². The smallest absolute Gasteiger partial charge is 0.304 e. The molecular formula is C21H25Cl4N9O4S2. The third-order valence-corrected chi connectivity index (χ3v) is 8.08. The Bertz CT molecular complexity index is 1760. The normalized spacial score (nSPS) is 12.6. The summed E-state index contributed by atoms with van der Waals surface area (Å²) in [4.78, 5) is 9.63. The minimum atomic E-state index is -4.08. The Labute approximate surface area is 251 Å². The summed E-state index contributed by atoms with van der Waals surface area (Å²) in [6.07, 6.45) is 1.34. The van der Waals surface area contributed by atoms with Crippen LogP contribution in [0.4, 0.5) is 0 Å². The lowest BCUT2D eigenvalue weighted by Gasteiger charge is -2.23. The van der Waals surface area contributed by atoms with Crippen LogP contribution in [-0.4, -0.2) is 70.4 Å². The van der Waals surface area contributed by atoms with Gasteiger partial charge in [-0.05, 0) is 36.1 Å². The number of hydrogen-bond acceptors (Lipinski definition) is 8. The lowest BCUT2D eigenvalue weighted by molar-refractivity contribution is 0.336. The molecule has 0 atom stereocenters. The number of nitrogens with two attached hydrogens (primary N) is 1. The first-order valence-electron chi connectivity index (χ1n) is 11.5. The summed E-state index contributed by atoms with van der Waals surface area (Å²) in [7, 11) is -8.07. The highest BCUT2D eigenvalue weighted by Crippen LogP contribution is 2.24. The van der Waals surface area contributed by atoms with Gasteiger partial charge in [-0.3, -0.25) is 0 Å². The number of aromatic nitrogens is 6. The van der Waals surface area contributed by atoms with Gasteiger partial charge in [0.25, 0.3) is 10.0 Å². The van der Waals surface area contributed by atoms with Crippen LogP contribution in [0.1, 0.15) is 27.7 Å². The lowest BCUT2D eigenvalue weighted by Crippen LogP contribution is -2.30. The van der Waals surface area contributed by atoms with Crippen molar-refractivity contribution in [2.75, 3.05) is 13.1 Å². The van der Waals surface area contributed by atoms with Crippen molar-refractivity contribution >= 4 is 84.1 Å². The average molecular weight is 673 g/mol. The van der Waals surface area contributed by atoms with Crippen LogP contribution in [0.25, 0.3) is 11.3 Å². The molecule has 40 heavy (non-hydrogen) atoms. The summed E-state index contributed by atoms with van der Waals surface area (Å²) < 4.78 is 53.6. The standard InChI is InChI=1S/C15H21Cl2N5O2S.C6H4Cl2N4O2S/c1-10(2)7-21(8-11(3)4)9-18-25(23,24)15-14(17)19-13-6-5-12(16)20-22(13)15;7-3-1-2-4-10-5(8)6(12(4)11-3)15(9,13)14/h5-6,9-11H,7-8H2,1-4H3;1-2H,(H2,9,13,14). The van der Waals surface area contributed by atoms with Gasteiger partial charge in [0.05, 0.1) is 0 Å². The summed E-state index contributed by atoms with van der Waals surface area (Å²) >= 11 is 23.1. The third-order valence-electron chi connectivity index (χ3n) is 4.79. The zero-order valence-corrected chi connectivity index (χ0v) is 26.2. The van der Waals surface area contributed by atoms with Crippen LogP contribution < -0.4 is 5.14 Å². The number of hydrogen-bond donors (Lipinski definition) is 1. The van der Waals surface area contributed by atoms with Crippen LogP contribution in [0.5, 0.6) is 0 Å². The topological polar surface area (TPSA) is 170 Å². The molecule has 4 rings (SSSR count). The second-order valence-corrected chi connectivity index (χ2v) is 13.8. The zero-order chi connectivity index (χ0) is 30.0. The maximum Gasteiger partial charge on any atom is 0.304 e. The van der Waals surface area contributed by atoms with Crippen LogP contribution >= 0.6 is 46.4 Å². The minimum Gasteiger partial charge on any atom is -0.361 e. The van der Waals surface area contributed by atoms with Gasteiger partial charge in [0.1, 0.15) is 16.6 Å². The monoisotopic (exact) mass is 671 g/mol. The summed E-state index contributed by atoms with van der Waals surface area (Å²) in [6, 6.07) is 5.99. The molecule has 0 unspecified atom stereocenters. The summed E-state index contributed by atoms with van der Waals surface area (Å²) in [5.74, 6) is 0.737. The maximum atomic E-state index is 12.7. The Hall–Kier alpha value is -2.27. The molecule has 0 saturated heterocycles. The van der Waals surface area contributed by atoms with Gasteiger partial charge in [-0.1, -0.05) is 74.1 Å². The number of sulfonamides is 2. The molecule has 19 heteroatoms. The van der Waals surface area contributed by atoms with Crippen molar-refractivity contribution in [1.29, 1.82) is 0 Å². The molecule has 0 aromatic carbocycles. The molecule has 0 aliphatic heterocycles. The van der Waals surface area contributed by atoms with Crippen molar-refractivity contribution in [3.63, 3.8) is 0 Å².